The van der Waals surface area contributed by atoms with Gasteiger partial charge >= 0.3 is 6.36 Å². The van der Waals surface area contributed by atoms with Crippen LogP contribution in [0, 0.1) is 0 Å². The summed E-state index contributed by atoms with van der Waals surface area (Å²) in [5.74, 6) is -0.0534. The van der Waals surface area contributed by atoms with Gasteiger partial charge in [-0.05, 0) is 48.0 Å². The zero-order valence-corrected chi connectivity index (χ0v) is 12.6. The van der Waals surface area contributed by atoms with Gasteiger partial charge in [-0.3, -0.25) is 4.79 Å². The van der Waals surface area contributed by atoms with Crippen molar-refractivity contribution in [2.45, 2.75) is 6.36 Å². The molecule has 2 rings (SSSR count). The molecule has 0 saturated carbocycles. The number of nitrogens with one attached hydrogen (secondary N) is 1. The molecule has 2 aromatic carbocycles. The van der Waals surface area contributed by atoms with Crippen molar-refractivity contribution >= 4 is 17.7 Å². The highest BCUT2D eigenvalue weighted by atomic mass is 19.4. The van der Waals surface area contributed by atoms with Crippen LogP contribution in [0.1, 0.15) is 5.56 Å². The van der Waals surface area contributed by atoms with Gasteiger partial charge in [-0.2, -0.15) is 0 Å². The summed E-state index contributed by atoms with van der Waals surface area (Å²) >= 11 is 0. The molecule has 0 heterocycles. The second-order valence-electron chi connectivity index (χ2n) is 4.67. The Morgan fingerprint density at radius 1 is 1.00 bits per heavy atom. The molecule has 0 aromatic heterocycles. The molecule has 126 valence electrons. The highest BCUT2D eigenvalue weighted by molar-refractivity contribution is 6.01. The normalized spacial score (nSPS) is 11.3. The van der Waals surface area contributed by atoms with Crippen LogP contribution in [-0.4, -0.2) is 19.4 Å². The number of methoxy groups -OCH3 is 1. The minimum atomic E-state index is -4.74. The lowest BCUT2D eigenvalue weighted by Crippen LogP contribution is -2.17. The molecule has 0 saturated heterocycles. The van der Waals surface area contributed by atoms with E-state index in [4.69, 9.17) is 4.74 Å². The van der Waals surface area contributed by atoms with Crippen LogP contribution in [0.5, 0.6) is 11.5 Å². The molecular formula is C17H14F3NO3. The molecule has 0 aliphatic carbocycles. The minimum absolute atomic E-state index is 0.353. The van der Waals surface area contributed by atoms with Gasteiger partial charge in [0.25, 0.3) is 0 Å². The van der Waals surface area contributed by atoms with E-state index in [2.05, 4.69) is 10.1 Å². The van der Waals surface area contributed by atoms with Gasteiger partial charge in [-0.25, -0.2) is 0 Å². The first kappa shape index (κ1) is 17.4. The predicted molar refractivity (Wildman–Crippen MR) is 83.8 cm³/mol. The molecule has 0 fully saturated rings. The fourth-order valence-corrected chi connectivity index (χ4v) is 1.81. The van der Waals surface area contributed by atoms with E-state index >= 15 is 0 Å². The van der Waals surface area contributed by atoms with Gasteiger partial charge in [0.2, 0.25) is 5.91 Å². The highest BCUT2D eigenvalue weighted by Crippen LogP contribution is 2.24. The molecule has 1 amide bonds. The second-order valence-corrected chi connectivity index (χ2v) is 4.67. The Labute approximate surface area is 136 Å². The van der Waals surface area contributed by atoms with Crippen molar-refractivity contribution in [3.8, 4) is 11.5 Å². The molecule has 0 atom stereocenters. The summed E-state index contributed by atoms with van der Waals surface area (Å²) in [6.07, 6.45) is -1.82. The van der Waals surface area contributed by atoms with Crippen LogP contribution >= 0.6 is 0 Å². The van der Waals surface area contributed by atoms with Crippen molar-refractivity contribution in [2.75, 3.05) is 12.4 Å². The van der Waals surface area contributed by atoms with Gasteiger partial charge < -0.3 is 14.8 Å². The number of halogens is 3. The van der Waals surface area contributed by atoms with Crippen LogP contribution in [0.3, 0.4) is 0 Å². The summed E-state index contributed by atoms with van der Waals surface area (Å²) < 4.78 is 44.9. The summed E-state index contributed by atoms with van der Waals surface area (Å²) in [6, 6.07) is 12.0. The van der Waals surface area contributed by atoms with Gasteiger partial charge in [-0.15, -0.1) is 13.2 Å². The minimum Gasteiger partial charge on any atom is -0.497 e. The van der Waals surface area contributed by atoms with E-state index in [0.717, 1.165) is 17.7 Å². The summed E-state index contributed by atoms with van der Waals surface area (Å²) in [5, 5.41) is 2.54. The molecule has 4 nitrogen and oxygen atoms in total. The number of hydrogen-bond donors (Lipinski definition) is 1. The molecule has 7 heteroatoms. The van der Waals surface area contributed by atoms with Crippen molar-refractivity contribution in [1.82, 2.24) is 0 Å². The average molecular weight is 337 g/mol. The Balaban J connectivity index is 1.92. The van der Waals surface area contributed by atoms with Crippen LogP contribution < -0.4 is 14.8 Å². The van der Waals surface area contributed by atoms with Crippen LogP contribution in [0.4, 0.5) is 18.9 Å². The van der Waals surface area contributed by atoms with E-state index in [1.54, 1.807) is 37.5 Å². The Morgan fingerprint density at radius 2 is 1.58 bits per heavy atom. The standard InChI is InChI=1S/C17H14F3NO3/c1-23-14-7-2-12(3-8-14)4-11-16(22)21-13-5-9-15(10-6-13)24-17(18,19)20/h2-11H,1H3,(H,21,22). The van der Waals surface area contributed by atoms with Crippen LogP contribution in [0.2, 0.25) is 0 Å². The zero-order chi connectivity index (χ0) is 17.6. The SMILES string of the molecule is COc1ccc(C=CC(=O)Nc2ccc(OC(F)(F)F)cc2)cc1. The van der Waals surface area contributed by atoms with E-state index in [0.29, 0.717) is 11.4 Å². The van der Waals surface area contributed by atoms with Crippen molar-refractivity contribution < 1.29 is 27.4 Å². The number of anilines is 1. The average Bonchev–Trinajstić information content (AvgIpc) is 2.54. The molecule has 2 aromatic rings. The molecule has 0 radical (unpaired) electrons. The topological polar surface area (TPSA) is 47.6 Å². The Bertz CT molecular complexity index is 707. The van der Waals surface area contributed by atoms with E-state index in [-0.39, 0.29) is 5.75 Å². The molecule has 0 unspecified atom stereocenters. The first-order valence-electron chi connectivity index (χ1n) is 6.85. The van der Waals surface area contributed by atoms with Crippen molar-refractivity contribution in [3.63, 3.8) is 0 Å². The Kier molecular flexibility index (Phi) is 5.47. The molecule has 0 aliphatic heterocycles. The monoisotopic (exact) mass is 337 g/mol. The Hall–Kier alpha value is -2.96. The summed E-state index contributed by atoms with van der Waals surface area (Å²) in [6.45, 7) is 0. The third-order valence-electron chi connectivity index (χ3n) is 2.90. The molecule has 0 aliphatic rings. The first-order valence-corrected chi connectivity index (χ1v) is 6.85. The van der Waals surface area contributed by atoms with E-state index in [9.17, 15) is 18.0 Å². The number of rotatable bonds is 5. The number of carbonyl (C=O) groups excluding carboxylic acids is 1. The summed E-state index contributed by atoms with van der Waals surface area (Å²) in [4.78, 5) is 11.8. The maximum absolute atomic E-state index is 12.1. The third kappa shape index (κ3) is 5.68. The lowest BCUT2D eigenvalue weighted by Gasteiger charge is -2.09. The first-order chi connectivity index (χ1) is 11.4. The lowest BCUT2D eigenvalue weighted by molar-refractivity contribution is -0.274. The van der Waals surface area contributed by atoms with Gasteiger partial charge in [-0.1, -0.05) is 12.1 Å². The molecule has 1 N–H and O–H groups in total. The fraction of sp³-hybridized carbons (Fsp3) is 0.118. The smallest absolute Gasteiger partial charge is 0.497 e. The highest BCUT2D eigenvalue weighted by Gasteiger charge is 2.30. The van der Waals surface area contributed by atoms with E-state index in [1.165, 1.54) is 18.2 Å². The number of ether oxygens (including phenoxy) is 2. The molecule has 24 heavy (non-hydrogen) atoms. The maximum Gasteiger partial charge on any atom is 0.573 e. The van der Waals surface area contributed by atoms with Gasteiger partial charge in [0.1, 0.15) is 11.5 Å². The van der Waals surface area contributed by atoms with Gasteiger partial charge in [0.05, 0.1) is 7.11 Å². The largest absolute Gasteiger partial charge is 0.573 e. The summed E-state index contributed by atoms with van der Waals surface area (Å²) in [5.41, 5.74) is 1.16. The van der Waals surface area contributed by atoms with Crippen LogP contribution in [-0.2, 0) is 4.79 Å². The summed E-state index contributed by atoms with van der Waals surface area (Å²) in [7, 11) is 1.56. The molecular weight excluding hydrogens is 323 g/mol. The second kappa shape index (κ2) is 7.54. The number of carbonyl (C=O) groups is 1. The predicted octanol–water partition coefficient (Wildman–Crippen LogP) is 4.25. The van der Waals surface area contributed by atoms with E-state index < -0.39 is 12.3 Å². The lowest BCUT2D eigenvalue weighted by atomic mass is 10.2. The number of hydrogen-bond acceptors (Lipinski definition) is 3. The zero-order valence-electron chi connectivity index (χ0n) is 12.6. The fourth-order valence-electron chi connectivity index (χ4n) is 1.81. The quantitative estimate of drug-likeness (QED) is 0.830. The van der Waals surface area contributed by atoms with E-state index in [1.807, 2.05) is 0 Å². The Morgan fingerprint density at radius 3 is 2.12 bits per heavy atom. The molecule has 0 spiro atoms. The van der Waals surface area contributed by atoms with Crippen molar-refractivity contribution in [3.05, 3.63) is 60.2 Å². The van der Waals surface area contributed by atoms with Gasteiger partial charge in [0, 0.05) is 11.8 Å². The van der Waals surface area contributed by atoms with Gasteiger partial charge in [0.15, 0.2) is 0 Å². The number of alkyl halides is 3. The number of amides is 1. The van der Waals surface area contributed by atoms with Crippen molar-refractivity contribution in [1.29, 1.82) is 0 Å². The van der Waals surface area contributed by atoms with Crippen LogP contribution in [0.15, 0.2) is 54.6 Å². The number of benzene rings is 2. The van der Waals surface area contributed by atoms with Crippen LogP contribution in [0.25, 0.3) is 6.08 Å². The maximum atomic E-state index is 12.1. The third-order valence-corrected chi connectivity index (χ3v) is 2.90. The molecule has 0 bridgehead atoms. The van der Waals surface area contributed by atoms with Crippen molar-refractivity contribution in [2.24, 2.45) is 0 Å².